The number of aromatic nitrogens is 1. The van der Waals surface area contributed by atoms with Gasteiger partial charge in [-0.2, -0.15) is 0 Å². The monoisotopic (exact) mass is 230 g/mol. The Balaban J connectivity index is 2.07. The molecule has 0 saturated carbocycles. The average molecular weight is 230 g/mol. The molecule has 0 saturated heterocycles. The van der Waals surface area contributed by atoms with Crippen LogP contribution in [0.3, 0.4) is 0 Å². The lowest BCUT2D eigenvalue weighted by Crippen LogP contribution is -2.00. The molecule has 0 amide bonds. The van der Waals surface area contributed by atoms with Gasteiger partial charge in [-0.25, -0.2) is 4.98 Å². The van der Waals surface area contributed by atoms with E-state index in [1.807, 2.05) is 30.3 Å². The van der Waals surface area contributed by atoms with E-state index in [0.29, 0.717) is 18.2 Å². The van der Waals surface area contributed by atoms with Crippen molar-refractivity contribution in [3.63, 3.8) is 0 Å². The Morgan fingerprint density at radius 2 is 2.12 bits per heavy atom. The van der Waals surface area contributed by atoms with Crippen LogP contribution in [-0.2, 0) is 6.61 Å². The first-order chi connectivity index (χ1) is 8.29. The van der Waals surface area contributed by atoms with Crippen molar-refractivity contribution >= 4 is 5.69 Å². The summed E-state index contributed by atoms with van der Waals surface area (Å²) in [7, 11) is 1.59. The number of ether oxygens (including phenoxy) is 2. The largest absolute Gasteiger partial charge is 0.489 e. The van der Waals surface area contributed by atoms with E-state index in [0.717, 1.165) is 11.3 Å². The zero-order valence-electron chi connectivity index (χ0n) is 9.59. The molecule has 0 aliphatic heterocycles. The van der Waals surface area contributed by atoms with E-state index in [2.05, 4.69) is 4.98 Å². The summed E-state index contributed by atoms with van der Waals surface area (Å²) < 4.78 is 10.8. The smallest absolute Gasteiger partial charge is 0.219 e. The molecule has 0 radical (unpaired) electrons. The molecule has 4 heteroatoms. The Kier molecular flexibility index (Phi) is 3.45. The van der Waals surface area contributed by atoms with Crippen molar-refractivity contribution in [1.82, 2.24) is 4.98 Å². The number of anilines is 1. The van der Waals surface area contributed by atoms with Crippen LogP contribution in [0.2, 0.25) is 0 Å². The lowest BCUT2D eigenvalue weighted by molar-refractivity contribution is 0.294. The zero-order chi connectivity index (χ0) is 12.1. The van der Waals surface area contributed by atoms with Crippen LogP contribution in [0.15, 0.2) is 42.6 Å². The summed E-state index contributed by atoms with van der Waals surface area (Å²) in [6.07, 6.45) is 1.68. The molecular formula is C13H14N2O2. The lowest BCUT2D eigenvalue weighted by atomic mass is 10.3. The fraction of sp³-hybridized carbons (Fsp3) is 0.154. The molecule has 88 valence electrons. The van der Waals surface area contributed by atoms with Gasteiger partial charge in [0.2, 0.25) is 5.88 Å². The Bertz CT molecular complexity index is 500. The quantitative estimate of drug-likeness (QED) is 0.818. The van der Waals surface area contributed by atoms with Gasteiger partial charge in [0.05, 0.1) is 12.7 Å². The zero-order valence-corrected chi connectivity index (χ0v) is 9.59. The average Bonchev–Trinajstić information content (AvgIpc) is 2.37. The summed E-state index contributed by atoms with van der Waals surface area (Å²) in [6, 6.07) is 11.1. The molecule has 0 atom stereocenters. The van der Waals surface area contributed by atoms with Crippen molar-refractivity contribution < 1.29 is 9.47 Å². The van der Waals surface area contributed by atoms with Crippen LogP contribution in [-0.4, -0.2) is 12.1 Å². The number of benzene rings is 1. The third-order valence-corrected chi connectivity index (χ3v) is 2.30. The summed E-state index contributed by atoms with van der Waals surface area (Å²) >= 11 is 0. The number of nitrogens with two attached hydrogens (primary N) is 1. The summed E-state index contributed by atoms with van der Waals surface area (Å²) in [6.45, 7) is 0.403. The number of nitrogens with zero attached hydrogens (tertiary/aromatic N) is 1. The van der Waals surface area contributed by atoms with Crippen LogP contribution in [0.25, 0.3) is 0 Å². The van der Waals surface area contributed by atoms with Gasteiger partial charge >= 0.3 is 0 Å². The third kappa shape index (κ3) is 2.87. The van der Waals surface area contributed by atoms with Crippen molar-refractivity contribution in [3.8, 4) is 11.6 Å². The van der Waals surface area contributed by atoms with Crippen LogP contribution >= 0.6 is 0 Å². The molecule has 0 aliphatic carbocycles. The molecule has 0 aliphatic rings. The van der Waals surface area contributed by atoms with Crippen molar-refractivity contribution in [2.75, 3.05) is 12.8 Å². The molecule has 4 nitrogen and oxygen atoms in total. The van der Waals surface area contributed by atoms with E-state index in [-0.39, 0.29) is 0 Å². The van der Waals surface area contributed by atoms with Gasteiger partial charge in [0.1, 0.15) is 12.4 Å². The summed E-state index contributed by atoms with van der Waals surface area (Å²) in [5.41, 5.74) is 7.25. The van der Waals surface area contributed by atoms with Gasteiger partial charge in [0.25, 0.3) is 0 Å². The van der Waals surface area contributed by atoms with Crippen molar-refractivity contribution in [1.29, 1.82) is 0 Å². The fourth-order valence-electron chi connectivity index (χ4n) is 1.48. The van der Waals surface area contributed by atoms with E-state index in [1.54, 1.807) is 19.4 Å². The maximum atomic E-state index is 5.67. The number of rotatable bonds is 4. The molecule has 1 aromatic carbocycles. The maximum Gasteiger partial charge on any atom is 0.219 e. The van der Waals surface area contributed by atoms with E-state index in [4.69, 9.17) is 15.2 Å². The third-order valence-electron chi connectivity index (χ3n) is 2.30. The van der Waals surface area contributed by atoms with Crippen LogP contribution in [0.5, 0.6) is 11.6 Å². The lowest BCUT2D eigenvalue weighted by Gasteiger charge is -2.09. The minimum Gasteiger partial charge on any atom is -0.489 e. The molecule has 0 unspecified atom stereocenters. The molecule has 0 spiro atoms. The number of hydrogen-bond donors (Lipinski definition) is 1. The van der Waals surface area contributed by atoms with Crippen LogP contribution in [0.1, 0.15) is 5.56 Å². The van der Waals surface area contributed by atoms with Gasteiger partial charge in [-0.3, -0.25) is 0 Å². The van der Waals surface area contributed by atoms with Crippen LogP contribution < -0.4 is 15.2 Å². The molecule has 1 aromatic heterocycles. The van der Waals surface area contributed by atoms with E-state index in [9.17, 15) is 0 Å². The normalized spacial score (nSPS) is 9.94. The highest BCUT2D eigenvalue weighted by atomic mass is 16.5. The van der Waals surface area contributed by atoms with Gasteiger partial charge in [0.15, 0.2) is 0 Å². The van der Waals surface area contributed by atoms with E-state index < -0.39 is 0 Å². The van der Waals surface area contributed by atoms with Crippen molar-refractivity contribution in [2.45, 2.75) is 6.61 Å². The first kappa shape index (κ1) is 11.3. The second-order valence-electron chi connectivity index (χ2n) is 3.53. The first-order valence-corrected chi connectivity index (χ1v) is 5.26. The molecule has 0 fully saturated rings. The van der Waals surface area contributed by atoms with Gasteiger partial charge in [-0.1, -0.05) is 6.07 Å². The van der Waals surface area contributed by atoms with Gasteiger partial charge in [-0.15, -0.1) is 0 Å². The topological polar surface area (TPSA) is 57.4 Å². The number of hydrogen-bond acceptors (Lipinski definition) is 4. The highest BCUT2D eigenvalue weighted by Gasteiger charge is 2.03. The molecular weight excluding hydrogens is 216 g/mol. The van der Waals surface area contributed by atoms with Crippen LogP contribution in [0.4, 0.5) is 5.69 Å². The first-order valence-electron chi connectivity index (χ1n) is 5.26. The summed E-state index contributed by atoms with van der Waals surface area (Å²) in [4.78, 5) is 4.10. The number of nitrogen functional groups attached to an aromatic ring is 1. The Morgan fingerprint density at radius 3 is 2.88 bits per heavy atom. The Hall–Kier alpha value is -2.23. The fourth-order valence-corrected chi connectivity index (χ4v) is 1.48. The standard InChI is InChI=1S/C13H14N2O2/c1-16-13-10(4-3-7-15-13)9-17-12-6-2-5-11(14)8-12/h2-8H,9,14H2,1H3. The molecule has 0 bridgehead atoms. The van der Waals surface area contributed by atoms with E-state index in [1.165, 1.54) is 0 Å². The molecule has 1 heterocycles. The summed E-state index contributed by atoms with van der Waals surface area (Å²) in [5.74, 6) is 1.31. The Morgan fingerprint density at radius 1 is 1.24 bits per heavy atom. The Labute approximate surface area is 100 Å². The van der Waals surface area contributed by atoms with Gasteiger partial charge in [0, 0.05) is 18.0 Å². The van der Waals surface area contributed by atoms with Gasteiger partial charge < -0.3 is 15.2 Å². The van der Waals surface area contributed by atoms with Crippen molar-refractivity contribution in [2.24, 2.45) is 0 Å². The highest BCUT2D eigenvalue weighted by Crippen LogP contribution is 2.19. The second kappa shape index (κ2) is 5.21. The molecule has 2 rings (SSSR count). The summed E-state index contributed by atoms with van der Waals surface area (Å²) in [5, 5.41) is 0. The van der Waals surface area contributed by atoms with Crippen molar-refractivity contribution in [3.05, 3.63) is 48.2 Å². The number of pyridine rings is 1. The highest BCUT2D eigenvalue weighted by molar-refractivity contribution is 5.43. The molecule has 2 aromatic rings. The predicted molar refractivity (Wildman–Crippen MR) is 66.0 cm³/mol. The minimum atomic E-state index is 0.403. The molecule has 17 heavy (non-hydrogen) atoms. The number of methoxy groups -OCH3 is 1. The SMILES string of the molecule is COc1ncccc1COc1cccc(N)c1. The maximum absolute atomic E-state index is 5.67. The van der Waals surface area contributed by atoms with E-state index >= 15 is 0 Å². The second-order valence-corrected chi connectivity index (χ2v) is 3.53. The molecule has 2 N–H and O–H groups in total. The predicted octanol–water partition coefficient (Wildman–Crippen LogP) is 2.25. The van der Waals surface area contributed by atoms with Gasteiger partial charge in [-0.05, 0) is 24.3 Å². The minimum absolute atomic E-state index is 0.403. The van der Waals surface area contributed by atoms with Crippen LogP contribution in [0, 0.1) is 0 Å².